The van der Waals surface area contributed by atoms with Crippen molar-refractivity contribution in [1.29, 1.82) is 0 Å². The van der Waals surface area contributed by atoms with Gasteiger partial charge in [0.2, 0.25) is 0 Å². The van der Waals surface area contributed by atoms with Gasteiger partial charge >= 0.3 is 0 Å². The van der Waals surface area contributed by atoms with Crippen LogP contribution in [-0.2, 0) is 13.1 Å². The number of piperazine rings is 1. The molecule has 5 rings (SSSR count). The molecule has 180 valence electrons. The van der Waals surface area contributed by atoms with Gasteiger partial charge in [-0.1, -0.05) is 42.5 Å². The first-order valence-corrected chi connectivity index (χ1v) is 12.3. The first-order chi connectivity index (χ1) is 17.0. The van der Waals surface area contributed by atoms with Crippen molar-refractivity contribution in [3.8, 4) is 0 Å². The Balaban J connectivity index is 1.13. The number of anilines is 1. The van der Waals surface area contributed by atoms with Crippen LogP contribution in [0.5, 0.6) is 0 Å². The summed E-state index contributed by atoms with van der Waals surface area (Å²) in [6.45, 7) is 10.4. The van der Waals surface area contributed by atoms with Gasteiger partial charge in [0.05, 0.1) is 11.8 Å². The van der Waals surface area contributed by atoms with E-state index in [-0.39, 0.29) is 11.9 Å². The molecule has 0 spiro atoms. The molecule has 35 heavy (non-hydrogen) atoms. The van der Waals surface area contributed by atoms with Gasteiger partial charge in [0, 0.05) is 62.6 Å². The third-order valence-electron chi connectivity index (χ3n) is 6.52. The normalized spacial score (nSPS) is 15.1. The van der Waals surface area contributed by atoms with Crippen LogP contribution in [0.15, 0.2) is 73.1 Å². The second-order valence-electron chi connectivity index (χ2n) is 9.51. The van der Waals surface area contributed by atoms with Gasteiger partial charge in [-0.15, -0.1) is 0 Å². The van der Waals surface area contributed by atoms with Gasteiger partial charge in [-0.05, 0) is 43.2 Å². The van der Waals surface area contributed by atoms with Gasteiger partial charge in [0.15, 0.2) is 5.65 Å². The van der Waals surface area contributed by atoms with Gasteiger partial charge in [0.25, 0.3) is 5.91 Å². The number of aromatic nitrogens is 3. The van der Waals surface area contributed by atoms with Crippen molar-refractivity contribution in [1.82, 2.24) is 24.6 Å². The van der Waals surface area contributed by atoms with Crippen LogP contribution in [0.4, 0.5) is 5.69 Å². The van der Waals surface area contributed by atoms with Crippen LogP contribution < -0.4 is 5.32 Å². The van der Waals surface area contributed by atoms with Gasteiger partial charge in [-0.3, -0.25) is 14.6 Å². The summed E-state index contributed by atoms with van der Waals surface area (Å²) in [6, 6.07) is 20.9. The number of benzene rings is 2. The van der Waals surface area contributed by atoms with Crippen molar-refractivity contribution >= 4 is 22.6 Å². The third kappa shape index (κ3) is 5.58. The molecule has 0 unspecified atom stereocenters. The minimum Gasteiger partial charge on any atom is -0.322 e. The molecule has 0 aliphatic carbocycles. The Hall–Kier alpha value is -3.55. The second-order valence-corrected chi connectivity index (χ2v) is 9.51. The lowest BCUT2D eigenvalue weighted by Crippen LogP contribution is -2.45. The molecule has 2 aromatic carbocycles. The van der Waals surface area contributed by atoms with Crippen LogP contribution in [0, 0.1) is 0 Å². The van der Waals surface area contributed by atoms with E-state index in [1.54, 1.807) is 12.4 Å². The van der Waals surface area contributed by atoms with E-state index in [1.165, 1.54) is 11.1 Å². The molecule has 7 heteroatoms. The van der Waals surface area contributed by atoms with Crippen LogP contribution in [0.3, 0.4) is 0 Å². The number of nitrogens with one attached hydrogen (secondary N) is 1. The maximum atomic E-state index is 12.8. The fourth-order valence-corrected chi connectivity index (χ4v) is 4.54. The standard InChI is InChI=1S/C28H32N6O/c1-21(2)34-27-24(18-30-34)16-25(17-29-27)28(35)31-26-10-8-23(9-11-26)20-33-14-12-32(13-15-33)19-22-6-4-3-5-7-22/h3-11,16-18,21H,12-15,19-20H2,1-2H3,(H,31,35). The van der Waals surface area contributed by atoms with Crippen LogP contribution in [0.2, 0.25) is 0 Å². The molecule has 7 nitrogen and oxygen atoms in total. The molecule has 3 heterocycles. The number of pyridine rings is 1. The summed E-state index contributed by atoms with van der Waals surface area (Å²) in [4.78, 5) is 22.2. The minimum atomic E-state index is -0.168. The molecule has 1 N–H and O–H groups in total. The van der Waals surface area contributed by atoms with E-state index >= 15 is 0 Å². The quantitative estimate of drug-likeness (QED) is 0.430. The Morgan fingerprint density at radius 2 is 1.51 bits per heavy atom. The highest BCUT2D eigenvalue weighted by Crippen LogP contribution is 2.19. The zero-order valence-corrected chi connectivity index (χ0v) is 20.4. The van der Waals surface area contributed by atoms with Gasteiger partial charge in [-0.25, -0.2) is 9.67 Å². The summed E-state index contributed by atoms with van der Waals surface area (Å²) in [6.07, 6.45) is 3.37. The number of hydrogen-bond acceptors (Lipinski definition) is 5. The molecule has 1 amide bonds. The molecule has 0 radical (unpaired) electrons. The number of carbonyl (C=O) groups excluding carboxylic acids is 1. The van der Waals surface area contributed by atoms with Crippen LogP contribution in [-0.4, -0.2) is 56.7 Å². The number of amides is 1. The maximum Gasteiger partial charge on any atom is 0.257 e. The highest BCUT2D eigenvalue weighted by Gasteiger charge is 2.17. The lowest BCUT2D eigenvalue weighted by molar-refractivity contribution is 0.102. The Morgan fingerprint density at radius 3 is 2.14 bits per heavy atom. The van der Waals surface area contributed by atoms with Crippen molar-refractivity contribution in [2.75, 3.05) is 31.5 Å². The van der Waals surface area contributed by atoms with Crippen molar-refractivity contribution in [3.05, 3.63) is 89.7 Å². The summed E-state index contributed by atoms with van der Waals surface area (Å²) in [5, 5.41) is 8.23. The van der Waals surface area contributed by atoms with E-state index in [4.69, 9.17) is 0 Å². The topological polar surface area (TPSA) is 66.3 Å². The lowest BCUT2D eigenvalue weighted by Gasteiger charge is -2.34. The molecular weight excluding hydrogens is 436 g/mol. The van der Waals surface area contributed by atoms with Gasteiger partial charge in [-0.2, -0.15) is 5.10 Å². The number of fused-ring (bicyclic) bond motifs is 1. The van der Waals surface area contributed by atoms with E-state index in [2.05, 4.69) is 81.5 Å². The van der Waals surface area contributed by atoms with Gasteiger partial charge < -0.3 is 5.32 Å². The van der Waals surface area contributed by atoms with Crippen molar-refractivity contribution < 1.29 is 4.79 Å². The van der Waals surface area contributed by atoms with Crippen molar-refractivity contribution in [2.24, 2.45) is 0 Å². The lowest BCUT2D eigenvalue weighted by atomic mass is 10.1. The average molecular weight is 469 g/mol. The summed E-state index contributed by atoms with van der Waals surface area (Å²) >= 11 is 0. The first kappa shape index (κ1) is 23.2. The Bertz CT molecular complexity index is 1270. The van der Waals surface area contributed by atoms with E-state index in [0.717, 1.165) is 56.0 Å². The van der Waals surface area contributed by atoms with Crippen LogP contribution in [0.25, 0.3) is 11.0 Å². The zero-order chi connectivity index (χ0) is 24.2. The van der Waals surface area contributed by atoms with E-state index in [0.29, 0.717) is 5.56 Å². The number of rotatable bonds is 7. The SMILES string of the molecule is CC(C)n1ncc2cc(C(=O)Nc3ccc(CN4CCN(Cc5ccccc5)CC4)cc3)cnc21. The van der Waals surface area contributed by atoms with Gasteiger partial charge in [0.1, 0.15) is 0 Å². The van der Waals surface area contributed by atoms with Crippen LogP contribution >= 0.6 is 0 Å². The summed E-state index contributed by atoms with van der Waals surface area (Å²) in [5.74, 6) is -0.168. The summed E-state index contributed by atoms with van der Waals surface area (Å²) in [5.41, 5.74) is 4.73. The fraction of sp³-hybridized carbons (Fsp3) is 0.321. The van der Waals surface area contributed by atoms with E-state index in [9.17, 15) is 4.79 Å². The van der Waals surface area contributed by atoms with Crippen molar-refractivity contribution in [2.45, 2.75) is 33.0 Å². The highest BCUT2D eigenvalue weighted by atomic mass is 16.1. The van der Waals surface area contributed by atoms with Crippen LogP contribution in [0.1, 0.15) is 41.4 Å². The van der Waals surface area contributed by atoms with Crippen molar-refractivity contribution in [3.63, 3.8) is 0 Å². The first-order valence-electron chi connectivity index (χ1n) is 12.3. The Labute approximate surface area is 206 Å². The molecule has 0 saturated carbocycles. The molecule has 0 bridgehead atoms. The summed E-state index contributed by atoms with van der Waals surface area (Å²) in [7, 11) is 0. The molecule has 0 atom stereocenters. The average Bonchev–Trinajstić information content (AvgIpc) is 3.31. The minimum absolute atomic E-state index is 0.168. The van der Waals surface area contributed by atoms with E-state index in [1.807, 2.05) is 22.9 Å². The molecule has 1 aliphatic rings. The third-order valence-corrected chi connectivity index (χ3v) is 6.52. The summed E-state index contributed by atoms with van der Waals surface area (Å²) < 4.78 is 1.86. The molecule has 1 saturated heterocycles. The molecule has 4 aromatic rings. The largest absolute Gasteiger partial charge is 0.322 e. The molecule has 2 aromatic heterocycles. The number of hydrogen-bond donors (Lipinski definition) is 1. The zero-order valence-electron chi connectivity index (χ0n) is 20.4. The Morgan fingerprint density at radius 1 is 0.886 bits per heavy atom. The smallest absolute Gasteiger partial charge is 0.257 e. The monoisotopic (exact) mass is 468 g/mol. The Kier molecular flexibility index (Phi) is 6.88. The second kappa shape index (κ2) is 10.4. The molecular formula is C28H32N6O. The van der Waals surface area contributed by atoms with E-state index < -0.39 is 0 Å². The molecule has 1 fully saturated rings. The highest BCUT2D eigenvalue weighted by molar-refractivity contribution is 6.05. The predicted octanol–water partition coefficient (Wildman–Crippen LogP) is 4.58. The predicted molar refractivity (Wildman–Crippen MR) is 139 cm³/mol. The number of carbonyl (C=O) groups is 1. The molecule has 1 aliphatic heterocycles. The fourth-order valence-electron chi connectivity index (χ4n) is 4.54. The maximum absolute atomic E-state index is 12.8. The number of nitrogens with zero attached hydrogens (tertiary/aromatic N) is 5.